The van der Waals surface area contributed by atoms with Gasteiger partial charge in [-0.3, -0.25) is 0 Å². The minimum atomic E-state index is 0.116. The summed E-state index contributed by atoms with van der Waals surface area (Å²) >= 11 is 0. The van der Waals surface area contributed by atoms with Crippen molar-refractivity contribution in [2.24, 2.45) is 0 Å². The Morgan fingerprint density at radius 3 is 2.63 bits per heavy atom. The van der Waals surface area contributed by atoms with E-state index in [4.69, 9.17) is 9.15 Å². The number of phenolic OH excluding ortho intramolecular Hbond substituents is 1. The number of furan rings is 1. The first-order valence-electron chi connectivity index (χ1n) is 6.28. The lowest BCUT2D eigenvalue weighted by Crippen LogP contribution is -2.22. The van der Waals surface area contributed by atoms with Crippen LogP contribution in [0.25, 0.3) is 0 Å². The van der Waals surface area contributed by atoms with Gasteiger partial charge in [0, 0.05) is 6.04 Å². The third-order valence-electron chi connectivity index (χ3n) is 3.17. The molecule has 19 heavy (non-hydrogen) atoms. The zero-order valence-electron chi connectivity index (χ0n) is 11.4. The maximum absolute atomic E-state index is 9.59. The van der Waals surface area contributed by atoms with Crippen LogP contribution in [0.2, 0.25) is 0 Å². The molecule has 0 aliphatic carbocycles. The molecule has 1 aromatic carbocycles. The van der Waals surface area contributed by atoms with Crippen LogP contribution in [0, 0.1) is 0 Å². The summed E-state index contributed by atoms with van der Waals surface area (Å²) < 4.78 is 10.5. The molecular formula is C15H19NO3. The van der Waals surface area contributed by atoms with Crippen LogP contribution in [-0.2, 0) is 0 Å². The number of nitrogens with one attached hydrogen (secondary N) is 1. The molecule has 0 amide bonds. The molecule has 4 heteroatoms. The van der Waals surface area contributed by atoms with Gasteiger partial charge in [-0.05, 0) is 43.7 Å². The first-order valence-corrected chi connectivity index (χ1v) is 6.28. The van der Waals surface area contributed by atoms with Crippen molar-refractivity contribution in [1.29, 1.82) is 0 Å². The molecule has 0 aliphatic rings. The third-order valence-corrected chi connectivity index (χ3v) is 3.17. The minimum absolute atomic E-state index is 0.116. The Morgan fingerprint density at radius 2 is 2.00 bits per heavy atom. The fraction of sp³-hybridized carbons (Fsp3) is 0.333. The van der Waals surface area contributed by atoms with E-state index in [1.165, 1.54) is 0 Å². The van der Waals surface area contributed by atoms with Crippen LogP contribution >= 0.6 is 0 Å². The summed E-state index contributed by atoms with van der Waals surface area (Å²) in [6.07, 6.45) is 1.67. The lowest BCUT2D eigenvalue weighted by atomic mass is 10.1. The molecule has 0 saturated carbocycles. The van der Waals surface area contributed by atoms with Crippen LogP contribution in [0.3, 0.4) is 0 Å². The van der Waals surface area contributed by atoms with Gasteiger partial charge in [0.15, 0.2) is 11.5 Å². The van der Waals surface area contributed by atoms with E-state index in [1.807, 2.05) is 31.2 Å². The number of rotatable bonds is 5. The van der Waals surface area contributed by atoms with E-state index in [9.17, 15) is 5.11 Å². The molecule has 1 unspecified atom stereocenters. The van der Waals surface area contributed by atoms with E-state index in [-0.39, 0.29) is 17.8 Å². The molecule has 0 saturated heterocycles. The van der Waals surface area contributed by atoms with Crippen molar-refractivity contribution in [3.63, 3.8) is 0 Å². The first-order chi connectivity index (χ1) is 9.11. The molecule has 2 N–H and O–H groups in total. The summed E-state index contributed by atoms with van der Waals surface area (Å²) in [6.45, 7) is 4.11. The van der Waals surface area contributed by atoms with Gasteiger partial charge in [0.1, 0.15) is 5.76 Å². The van der Waals surface area contributed by atoms with E-state index < -0.39 is 0 Å². The van der Waals surface area contributed by atoms with Crippen molar-refractivity contribution in [1.82, 2.24) is 5.32 Å². The summed E-state index contributed by atoms with van der Waals surface area (Å²) in [5.74, 6) is 1.53. The van der Waals surface area contributed by atoms with Crippen LogP contribution in [-0.4, -0.2) is 12.2 Å². The van der Waals surface area contributed by atoms with Gasteiger partial charge in [-0.1, -0.05) is 6.07 Å². The Kier molecular flexibility index (Phi) is 4.12. The van der Waals surface area contributed by atoms with Crippen molar-refractivity contribution in [3.05, 3.63) is 47.9 Å². The molecule has 0 radical (unpaired) electrons. The normalized spacial score (nSPS) is 14.1. The zero-order chi connectivity index (χ0) is 13.8. The second kappa shape index (κ2) is 5.80. The second-order valence-electron chi connectivity index (χ2n) is 4.56. The van der Waals surface area contributed by atoms with Gasteiger partial charge in [-0.15, -0.1) is 0 Å². The summed E-state index contributed by atoms with van der Waals surface area (Å²) in [5, 5.41) is 13.0. The molecule has 1 heterocycles. The third kappa shape index (κ3) is 3.09. The molecule has 102 valence electrons. The second-order valence-corrected chi connectivity index (χ2v) is 4.56. The van der Waals surface area contributed by atoms with Crippen molar-refractivity contribution in [2.45, 2.75) is 25.9 Å². The molecule has 2 rings (SSSR count). The Bertz CT molecular complexity index is 522. The smallest absolute Gasteiger partial charge is 0.160 e. The molecule has 0 aliphatic heterocycles. The summed E-state index contributed by atoms with van der Waals surface area (Å²) in [4.78, 5) is 0. The molecule has 4 nitrogen and oxygen atoms in total. The summed E-state index contributed by atoms with van der Waals surface area (Å²) in [5.41, 5.74) is 1.05. The average molecular weight is 261 g/mol. The lowest BCUT2D eigenvalue weighted by molar-refractivity contribution is 0.370. The average Bonchev–Trinajstić information content (AvgIpc) is 2.93. The highest BCUT2D eigenvalue weighted by Crippen LogP contribution is 2.29. The van der Waals surface area contributed by atoms with E-state index in [2.05, 4.69) is 12.2 Å². The topological polar surface area (TPSA) is 54.6 Å². The van der Waals surface area contributed by atoms with Crippen molar-refractivity contribution in [2.75, 3.05) is 7.11 Å². The van der Waals surface area contributed by atoms with E-state index in [0.717, 1.165) is 11.3 Å². The highest BCUT2D eigenvalue weighted by atomic mass is 16.5. The first kappa shape index (κ1) is 13.5. The highest BCUT2D eigenvalue weighted by Gasteiger charge is 2.14. The molecular weight excluding hydrogens is 242 g/mol. The predicted octanol–water partition coefficient (Wildman–Crippen LogP) is 3.41. The van der Waals surface area contributed by atoms with E-state index >= 15 is 0 Å². The van der Waals surface area contributed by atoms with Crippen LogP contribution in [0.5, 0.6) is 11.5 Å². The minimum Gasteiger partial charge on any atom is -0.504 e. The zero-order valence-corrected chi connectivity index (χ0v) is 11.4. The van der Waals surface area contributed by atoms with Gasteiger partial charge in [-0.2, -0.15) is 0 Å². The molecule has 1 aromatic heterocycles. The van der Waals surface area contributed by atoms with Crippen LogP contribution in [0.1, 0.15) is 37.3 Å². The number of ether oxygens (including phenoxy) is 1. The number of aromatic hydroxyl groups is 1. The number of benzene rings is 1. The summed E-state index contributed by atoms with van der Waals surface area (Å²) in [7, 11) is 1.54. The number of methoxy groups -OCH3 is 1. The maximum Gasteiger partial charge on any atom is 0.160 e. The molecule has 0 bridgehead atoms. The van der Waals surface area contributed by atoms with Crippen LogP contribution < -0.4 is 10.1 Å². The largest absolute Gasteiger partial charge is 0.504 e. The molecule has 0 spiro atoms. The highest BCUT2D eigenvalue weighted by molar-refractivity contribution is 5.42. The Balaban J connectivity index is 2.09. The van der Waals surface area contributed by atoms with E-state index in [1.54, 1.807) is 19.4 Å². The van der Waals surface area contributed by atoms with Gasteiger partial charge in [0.05, 0.1) is 19.4 Å². The van der Waals surface area contributed by atoms with Crippen molar-refractivity contribution in [3.8, 4) is 11.5 Å². The SMILES string of the molecule is COc1cc(C(C)N[C@@H](C)c2ccco2)ccc1O. The van der Waals surface area contributed by atoms with Crippen molar-refractivity contribution < 1.29 is 14.3 Å². The predicted molar refractivity (Wildman–Crippen MR) is 73.3 cm³/mol. The lowest BCUT2D eigenvalue weighted by Gasteiger charge is -2.19. The van der Waals surface area contributed by atoms with Crippen molar-refractivity contribution >= 4 is 0 Å². The fourth-order valence-corrected chi connectivity index (χ4v) is 2.05. The number of phenols is 1. The van der Waals surface area contributed by atoms with Gasteiger partial charge < -0.3 is 19.6 Å². The molecule has 2 atom stereocenters. The number of hydrogen-bond donors (Lipinski definition) is 2. The van der Waals surface area contributed by atoms with Gasteiger partial charge >= 0.3 is 0 Å². The molecule has 0 fully saturated rings. The molecule has 2 aromatic rings. The number of hydrogen-bond acceptors (Lipinski definition) is 4. The van der Waals surface area contributed by atoms with Gasteiger partial charge in [0.25, 0.3) is 0 Å². The van der Waals surface area contributed by atoms with Gasteiger partial charge in [0.2, 0.25) is 0 Å². The standard InChI is InChI=1S/C15H19NO3/c1-10(16-11(2)14-5-4-8-19-14)12-6-7-13(17)15(9-12)18-3/h4-11,16-17H,1-3H3/t10?,11-/m0/s1. The van der Waals surface area contributed by atoms with Gasteiger partial charge in [-0.25, -0.2) is 0 Å². The van der Waals surface area contributed by atoms with Crippen LogP contribution in [0.4, 0.5) is 0 Å². The Labute approximate surface area is 113 Å². The maximum atomic E-state index is 9.59. The van der Waals surface area contributed by atoms with Crippen LogP contribution in [0.15, 0.2) is 41.0 Å². The fourth-order valence-electron chi connectivity index (χ4n) is 2.05. The Hall–Kier alpha value is -1.94. The summed E-state index contributed by atoms with van der Waals surface area (Å²) in [6, 6.07) is 9.42. The quantitative estimate of drug-likeness (QED) is 0.866. The Morgan fingerprint density at radius 1 is 1.21 bits per heavy atom. The van der Waals surface area contributed by atoms with E-state index in [0.29, 0.717) is 5.75 Å². The monoisotopic (exact) mass is 261 g/mol.